The van der Waals surface area contributed by atoms with E-state index in [4.69, 9.17) is 0 Å². The maximum absolute atomic E-state index is 14.8. The zero-order valence-corrected chi connectivity index (χ0v) is 15.7. The van der Waals surface area contributed by atoms with Gasteiger partial charge in [-0.25, -0.2) is 43.9 Å². The molecular formula is C20H13BF10. The zero-order valence-electron chi connectivity index (χ0n) is 15.7. The Morgan fingerprint density at radius 2 is 0.774 bits per heavy atom. The molecule has 2 aliphatic carbocycles. The SMILES string of the molecule is Fc1c(F)c(F)c(B(c2c(F)c(F)c(F)c(F)c2F)C23CCCC2CCC3)c(F)c1F. The van der Waals surface area contributed by atoms with Gasteiger partial charge in [-0.1, -0.05) is 38.5 Å². The van der Waals surface area contributed by atoms with Crippen molar-refractivity contribution in [1.29, 1.82) is 0 Å². The molecular weight excluding hydrogens is 441 g/mol. The third-order valence-electron chi connectivity index (χ3n) is 6.84. The van der Waals surface area contributed by atoms with E-state index in [0.717, 1.165) is 0 Å². The van der Waals surface area contributed by atoms with Gasteiger partial charge in [0.15, 0.2) is 58.2 Å². The minimum absolute atomic E-state index is 0.0708. The quantitative estimate of drug-likeness (QED) is 0.252. The fraction of sp³-hybridized carbons (Fsp3) is 0.400. The summed E-state index contributed by atoms with van der Waals surface area (Å²) in [4.78, 5) is 0. The van der Waals surface area contributed by atoms with Crippen LogP contribution in [0, 0.1) is 64.1 Å². The highest BCUT2D eigenvalue weighted by Gasteiger charge is 2.57. The first-order valence-electron chi connectivity index (χ1n) is 9.57. The van der Waals surface area contributed by atoms with Crippen molar-refractivity contribution in [2.45, 2.75) is 43.8 Å². The molecule has 0 saturated heterocycles. The topological polar surface area (TPSA) is 0 Å². The van der Waals surface area contributed by atoms with Crippen LogP contribution in [0.25, 0.3) is 0 Å². The molecule has 0 radical (unpaired) electrons. The largest absolute Gasteiger partial charge is 0.231 e. The van der Waals surface area contributed by atoms with Crippen molar-refractivity contribution in [1.82, 2.24) is 0 Å². The fourth-order valence-corrected chi connectivity index (χ4v) is 5.60. The van der Waals surface area contributed by atoms with Gasteiger partial charge in [-0.15, -0.1) is 0 Å². The first-order valence-corrected chi connectivity index (χ1v) is 9.57. The van der Waals surface area contributed by atoms with Crippen LogP contribution in [0.15, 0.2) is 0 Å². The lowest BCUT2D eigenvalue weighted by atomic mass is 9.25. The second-order valence-electron chi connectivity index (χ2n) is 8.11. The summed E-state index contributed by atoms with van der Waals surface area (Å²) >= 11 is 0. The van der Waals surface area contributed by atoms with E-state index in [9.17, 15) is 43.9 Å². The second-order valence-corrected chi connectivity index (χ2v) is 8.11. The molecule has 2 aromatic rings. The molecule has 0 nitrogen and oxygen atoms in total. The molecule has 0 bridgehead atoms. The number of halogens is 10. The predicted molar refractivity (Wildman–Crippen MR) is 91.4 cm³/mol. The van der Waals surface area contributed by atoms with Crippen molar-refractivity contribution < 1.29 is 43.9 Å². The summed E-state index contributed by atoms with van der Waals surface area (Å²) in [7, 11) is 0. The maximum Gasteiger partial charge on any atom is 0.231 e. The van der Waals surface area contributed by atoms with Crippen LogP contribution in [0.5, 0.6) is 0 Å². The maximum atomic E-state index is 14.8. The van der Waals surface area contributed by atoms with E-state index in [1.54, 1.807) is 0 Å². The van der Waals surface area contributed by atoms with Gasteiger partial charge < -0.3 is 0 Å². The van der Waals surface area contributed by atoms with Crippen LogP contribution < -0.4 is 10.9 Å². The second kappa shape index (κ2) is 7.44. The number of hydrogen-bond acceptors (Lipinski definition) is 0. The first kappa shape index (κ1) is 22.0. The van der Waals surface area contributed by atoms with Crippen LogP contribution in [0.3, 0.4) is 0 Å². The van der Waals surface area contributed by atoms with E-state index in [1.807, 2.05) is 0 Å². The summed E-state index contributed by atoms with van der Waals surface area (Å²) in [6.45, 7) is -2.25. The van der Waals surface area contributed by atoms with E-state index in [1.165, 1.54) is 0 Å². The Morgan fingerprint density at radius 3 is 1.10 bits per heavy atom. The van der Waals surface area contributed by atoms with Crippen molar-refractivity contribution in [3.8, 4) is 0 Å². The van der Waals surface area contributed by atoms with Gasteiger partial charge in [-0.05, 0) is 11.2 Å². The molecule has 0 amide bonds. The highest BCUT2D eigenvalue weighted by atomic mass is 19.2. The lowest BCUT2D eigenvalue weighted by Gasteiger charge is -2.37. The van der Waals surface area contributed by atoms with Gasteiger partial charge >= 0.3 is 0 Å². The standard InChI is InChI=1S/C20H13BF10/c22-10-8(11(23)15(27)18(30)14(10)26)21(20-5-1-3-7(20)4-2-6-20)9-12(24)16(28)19(31)17(29)13(9)25/h7H,1-6H2. The van der Waals surface area contributed by atoms with Gasteiger partial charge in [0.25, 0.3) is 0 Å². The summed E-state index contributed by atoms with van der Waals surface area (Å²) < 4.78 is 142. The Balaban J connectivity index is 2.14. The molecule has 2 aromatic carbocycles. The highest BCUT2D eigenvalue weighted by Crippen LogP contribution is 2.61. The third-order valence-corrected chi connectivity index (χ3v) is 6.84. The Bertz CT molecular complexity index is 945. The molecule has 0 aliphatic heterocycles. The summed E-state index contributed by atoms with van der Waals surface area (Å²) in [5, 5.41) is -1.42. The van der Waals surface area contributed by atoms with Crippen molar-refractivity contribution in [3.05, 3.63) is 58.2 Å². The van der Waals surface area contributed by atoms with E-state index >= 15 is 0 Å². The smallest absolute Gasteiger partial charge is 0.204 e. The van der Waals surface area contributed by atoms with E-state index in [-0.39, 0.29) is 12.8 Å². The lowest BCUT2D eigenvalue weighted by molar-refractivity contribution is 0.379. The number of fused-ring (bicyclic) bond motifs is 1. The summed E-state index contributed by atoms with van der Waals surface area (Å²) in [6, 6.07) is 0. The Hall–Kier alpha value is -2.20. The summed E-state index contributed by atoms with van der Waals surface area (Å²) in [6.07, 6.45) is 1.82. The van der Waals surface area contributed by atoms with Gasteiger partial charge in [0.2, 0.25) is 6.71 Å². The van der Waals surface area contributed by atoms with Crippen LogP contribution in [0.2, 0.25) is 5.31 Å². The van der Waals surface area contributed by atoms with Gasteiger partial charge in [-0.2, -0.15) is 0 Å². The zero-order chi connectivity index (χ0) is 22.8. The number of rotatable bonds is 3. The normalized spacial score (nSPS) is 22.8. The van der Waals surface area contributed by atoms with Crippen LogP contribution in [-0.2, 0) is 0 Å². The molecule has 11 heteroatoms. The van der Waals surface area contributed by atoms with Crippen LogP contribution in [0.4, 0.5) is 43.9 Å². The van der Waals surface area contributed by atoms with Crippen molar-refractivity contribution >= 4 is 17.6 Å². The Morgan fingerprint density at radius 1 is 0.484 bits per heavy atom. The van der Waals surface area contributed by atoms with E-state index in [2.05, 4.69) is 0 Å². The molecule has 0 aromatic heterocycles. The summed E-state index contributed by atoms with van der Waals surface area (Å²) in [5.41, 5.74) is -3.15. The molecule has 0 spiro atoms. The molecule has 4 rings (SSSR count). The van der Waals surface area contributed by atoms with Gasteiger partial charge in [0.05, 0.1) is 0 Å². The molecule has 0 unspecified atom stereocenters. The van der Waals surface area contributed by atoms with Crippen molar-refractivity contribution in [3.63, 3.8) is 0 Å². The van der Waals surface area contributed by atoms with Crippen molar-refractivity contribution in [2.75, 3.05) is 0 Å². The molecule has 0 atom stereocenters. The van der Waals surface area contributed by atoms with Crippen LogP contribution in [-0.4, -0.2) is 6.71 Å². The molecule has 2 saturated carbocycles. The van der Waals surface area contributed by atoms with E-state index in [0.29, 0.717) is 25.7 Å². The average Bonchev–Trinajstić information content (AvgIpc) is 3.33. The van der Waals surface area contributed by atoms with Gasteiger partial charge in [-0.3, -0.25) is 0 Å². The van der Waals surface area contributed by atoms with Gasteiger partial charge in [0.1, 0.15) is 0 Å². The van der Waals surface area contributed by atoms with Crippen molar-refractivity contribution in [2.24, 2.45) is 5.92 Å². The highest BCUT2D eigenvalue weighted by molar-refractivity contribution is 6.88. The number of benzene rings is 2. The Kier molecular flexibility index (Phi) is 5.29. The monoisotopic (exact) mass is 454 g/mol. The van der Waals surface area contributed by atoms with Gasteiger partial charge in [0, 0.05) is 10.9 Å². The minimum Gasteiger partial charge on any atom is -0.204 e. The third kappa shape index (κ3) is 2.91. The lowest BCUT2D eigenvalue weighted by Crippen LogP contribution is -2.58. The number of hydrogen-bond donors (Lipinski definition) is 0. The molecule has 2 fully saturated rings. The van der Waals surface area contributed by atoms with E-state index < -0.39 is 87.0 Å². The molecule has 0 N–H and O–H groups in total. The average molecular weight is 454 g/mol. The minimum atomic E-state index is -2.48. The molecule has 0 heterocycles. The molecule has 31 heavy (non-hydrogen) atoms. The Labute approximate surface area is 170 Å². The summed E-state index contributed by atoms with van der Waals surface area (Å²) in [5.74, 6) is -24.2. The van der Waals surface area contributed by atoms with Crippen LogP contribution >= 0.6 is 0 Å². The fourth-order valence-electron chi connectivity index (χ4n) is 5.60. The molecule has 2 aliphatic rings. The van der Waals surface area contributed by atoms with Crippen LogP contribution in [0.1, 0.15) is 38.5 Å². The first-order chi connectivity index (χ1) is 14.5. The molecule has 166 valence electrons. The predicted octanol–water partition coefficient (Wildman–Crippen LogP) is 5.41.